The second kappa shape index (κ2) is 6.09. The number of ether oxygens (including phenoxy) is 1. The first kappa shape index (κ1) is 11.7. The summed E-state index contributed by atoms with van der Waals surface area (Å²) < 4.78 is 5.71. The lowest BCUT2D eigenvalue weighted by Gasteiger charge is -2.10. The highest BCUT2D eigenvalue weighted by Crippen LogP contribution is 2.30. The number of para-hydroxylation sites is 1. The fraction of sp³-hybridized carbons (Fsp3) is 0.188. The minimum absolute atomic E-state index is 0.923. The molecule has 0 N–H and O–H groups in total. The van der Waals surface area contributed by atoms with Gasteiger partial charge in [0, 0.05) is 5.56 Å². The lowest BCUT2D eigenvalue weighted by Crippen LogP contribution is -1.92. The third kappa shape index (κ3) is 3.10. The quantitative estimate of drug-likeness (QED) is 0.670. The summed E-state index contributed by atoms with van der Waals surface area (Å²) in [6.45, 7) is 4.02. The number of unbranched alkanes of at least 4 members (excludes halogenated alkanes) is 1. The standard InChI is InChI=1S/C16H17O/c1-2-3-13-17-16-12-8-7-11-15(16)14-9-5-4-6-10-14/h4-13H,2-3H2,1H3. The Bertz CT molecular complexity index is 448. The van der Waals surface area contributed by atoms with Crippen molar-refractivity contribution in [3.05, 3.63) is 61.2 Å². The summed E-state index contributed by atoms with van der Waals surface area (Å²) >= 11 is 0. The number of rotatable bonds is 5. The summed E-state index contributed by atoms with van der Waals surface area (Å²) in [4.78, 5) is 0. The Labute approximate surface area is 103 Å². The highest BCUT2D eigenvalue weighted by Gasteiger charge is 2.04. The van der Waals surface area contributed by atoms with Crippen LogP contribution < -0.4 is 4.74 Å². The van der Waals surface area contributed by atoms with Crippen molar-refractivity contribution in [2.24, 2.45) is 0 Å². The molecule has 0 saturated carbocycles. The molecule has 1 nitrogen and oxygen atoms in total. The van der Waals surface area contributed by atoms with Crippen molar-refractivity contribution in [1.82, 2.24) is 0 Å². The van der Waals surface area contributed by atoms with E-state index in [1.807, 2.05) is 43.0 Å². The summed E-state index contributed by atoms with van der Waals surface area (Å²) in [5.74, 6) is 0.923. The molecule has 0 aliphatic carbocycles. The molecule has 0 unspecified atom stereocenters. The van der Waals surface area contributed by atoms with E-state index >= 15 is 0 Å². The maximum absolute atomic E-state index is 5.71. The average molecular weight is 225 g/mol. The summed E-state index contributed by atoms with van der Waals surface area (Å²) in [5, 5.41) is 0. The van der Waals surface area contributed by atoms with E-state index in [0.29, 0.717) is 0 Å². The van der Waals surface area contributed by atoms with Gasteiger partial charge in [-0.1, -0.05) is 61.9 Å². The summed E-state index contributed by atoms with van der Waals surface area (Å²) in [6.07, 6.45) is 2.08. The van der Waals surface area contributed by atoms with Gasteiger partial charge in [-0.3, -0.25) is 0 Å². The van der Waals surface area contributed by atoms with Crippen molar-refractivity contribution in [2.75, 3.05) is 0 Å². The van der Waals surface area contributed by atoms with Crippen LogP contribution in [-0.4, -0.2) is 0 Å². The molecule has 17 heavy (non-hydrogen) atoms. The van der Waals surface area contributed by atoms with Gasteiger partial charge in [0.25, 0.3) is 0 Å². The Balaban J connectivity index is 2.22. The van der Waals surface area contributed by atoms with E-state index in [9.17, 15) is 0 Å². The van der Waals surface area contributed by atoms with Crippen molar-refractivity contribution in [3.8, 4) is 16.9 Å². The van der Waals surface area contributed by atoms with Crippen molar-refractivity contribution in [1.29, 1.82) is 0 Å². The van der Waals surface area contributed by atoms with Crippen molar-refractivity contribution in [2.45, 2.75) is 19.8 Å². The van der Waals surface area contributed by atoms with Gasteiger partial charge in [0.15, 0.2) is 0 Å². The van der Waals surface area contributed by atoms with Crippen molar-refractivity contribution < 1.29 is 4.74 Å². The van der Waals surface area contributed by atoms with E-state index in [2.05, 4.69) is 25.1 Å². The van der Waals surface area contributed by atoms with Gasteiger partial charge in [0.05, 0.1) is 0 Å². The van der Waals surface area contributed by atoms with Crippen LogP contribution in [0, 0.1) is 6.61 Å². The zero-order valence-electron chi connectivity index (χ0n) is 10.1. The van der Waals surface area contributed by atoms with E-state index in [1.54, 1.807) is 0 Å². The molecule has 1 radical (unpaired) electrons. The van der Waals surface area contributed by atoms with E-state index in [1.165, 1.54) is 5.56 Å². The van der Waals surface area contributed by atoms with Crippen LogP contribution in [0.1, 0.15) is 19.8 Å². The van der Waals surface area contributed by atoms with Gasteiger partial charge in [0.2, 0.25) is 0 Å². The van der Waals surface area contributed by atoms with Crippen LogP contribution >= 0.6 is 0 Å². The zero-order valence-corrected chi connectivity index (χ0v) is 10.1. The third-order valence-corrected chi connectivity index (χ3v) is 2.59. The molecule has 0 bridgehead atoms. The fourth-order valence-electron chi connectivity index (χ4n) is 1.69. The molecule has 0 heterocycles. The van der Waals surface area contributed by atoms with E-state index < -0.39 is 0 Å². The number of benzene rings is 2. The van der Waals surface area contributed by atoms with Gasteiger partial charge in [-0.25, -0.2) is 0 Å². The maximum Gasteiger partial charge on any atom is 0.135 e. The normalized spacial score (nSPS) is 10.2. The van der Waals surface area contributed by atoms with Gasteiger partial charge >= 0.3 is 0 Å². The van der Waals surface area contributed by atoms with Crippen LogP contribution in [0.15, 0.2) is 54.6 Å². The molecule has 0 atom stereocenters. The molecule has 0 aliphatic rings. The lowest BCUT2D eigenvalue weighted by molar-refractivity contribution is 0.391. The Morgan fingerprint density at radius 3 is 2.41 bits per heavy atom. The van der Waals surface area contributed by atoms with Crippen LogP contribution in [-0.2, 0) is 0 Å². The number of hydrogen-bond acceptors (Lipinski definition) is 1. The molecule has 87 valence electrons. The smallest absolute Gasteiger partial charge is 0.135 e. The minimum Gasteiger partial charge on any atom is -0.486 e. The Morgan fingerprint density at radius 2 is 1.65 bits per heavy atom. The molecule has 0 aliphatic heterocycles. The monoisotopic (exact) mass is 225 g/mol. The van der Waals surface area contributed by atoms with E-state index in [0.717, 1.165) is 24.2 Å². The fourth-order valence-corrected chi connectivity index (χ4v) is 1.69. The summed E-state index contributed by atoms with van der Waals surface area (Å²) in [7, 11) is 0. The molecular weight excluding hydrogens is 208 g/mol. The SMILES string of the molecule is CCC[CH]Oc1ccccc1-c1ccccc1. The summed E-state index contributed by atoms with van der Waals surface area (Å²) in [5.41, 5.74) is 2.33. The van der Waals surface area contributed by atoms with Gasteiger partial charge in [-0.2, -0.15) is 0 Å². The second-order valence-electron chi connectivity index (χ2n) is 3.94. The zero-order chi connectivity index (χ0) is 11.9. The first-order valence-electron chi connectivity index (χ1n) is 6.04. The highest BCUT2D eigenvalue weighted by atomic mass is 16.5. The molecule has 2 aromatic rings. The van der Waals surface area contributed by atoms with Crippen LogP contribution in [0.3, 0.4) is 0 Å². The predicted octanol–water partition coefficient (Wildman–Crippen LogP) is 4.69. The van der Waals surface area contributed by atoms with Crippen LogP contribution in [0.2, 0.25) is 0 Å². The Morgan fingerprint density at radius 1 is 0.941 bits per heavy atom. The molecule has 2 aromatic carbocycles. The largest absolute Gasteiger partial charge is 0.486 e. The average Bonchev–Trinajstić information content (AvgIpc) is 2.41. The molecule has 0 fully saturated rings. The predicted molar refractivity (Wildman–Crippen MR) is 71.7 cm³/mol. The van der Waals surface area contributed by atoms with Crippen LogP contribution in [0.4, 0.5) is 0 Å². The van der Waals surface area contributed by atoms with Gasteiger partial charge in [-0.05, 0) is 18.1 Å². The first-order chi connectivity index (χ1) is 8.42. The van der Waals surface area contributed by atoms with Gasteiger partial charge in [-0.15, -0.1) is 0 Å². The molecule has 2 rings (SSSR count). The van der Waals surface area contributed by atoms with E-state index in [-0.39, 0.29) is 0 Å². The van der Waals surface area contributed by atoms with Gasteiger partial charge < -0.3 is 4.74 Å². The number of hydrogen-bond donors (Lipinski definition) is 0. The van der Waals surface area contributed by atoms with Gasteiger partial charge in [0.1, 0.15) is 12.4 Å². The maximum atomic E-state index is 5.71. The van der Waals surface area contributed by atoms with Crippen LogP contribution in [0.25, 0.3) is 11.1 Å². The summed E-state index contributed by atoms with van der Waals surface area (Å²) in [6, 6.07) is 18.4. The third-order valence-electron chi connectivity index (χ3n) is 2.59. The molecule has 0 aromatic heterocycles. The minimum atomic E-state index is 0.923. The van der Waals surface area contributed by atoms with Crippen LogP contribution in [0.5, 0.6) is 5.75 Å². The highest BCUT2D eigenvalue weighted by molar-refractivity contribution is 5.70. The molecule has 0 saturated heterocycles. The second-order valence-corrected chi connectivity index (χ2v) is 3.94. The van der Waals surface area contributed by atoms with Crippen molar-refractivity contribution in [3.63, 3.8) is 0 Å². The topological polar surface area (TPSA) is 9.23 Å². The molecule has 0 amide bonds. The first-order valence-corrected chi connectivity index (χ1v) is 6.04. The lowest BCUT2D eigenvalue weighted by atomic mass is 10.1. The molecule has 0 spiro atoms. The molecular formula is C16H17O. The van der Waals surface area contributed by atoms with E-state index in [4.69, 9.17) is 4.74 Å². The Hall–Kier alpha value is -1.76. The Kier molecular flexibility index (Phi) is 4.20. The van der Waals surface area contributed by atoms with Crippen molar-refractivity contribution >= 4 is 0 Å². The molecule has 1 heteroatoms.